The van der Waals surface area contributed by atoms with E-state index in [2.05, 4.69) is 21.0 Å². The van der Waals surface area contributed by atoms with Crippen LogP contribution >= 0.6 is 27.5 Å². The first-order valence-electron chi connectivity index (χ1n) is 6.85. The minimum atomic E-state index is -0.848. The number of aliphatic hydroxyl groups is 1. The molecule has 0 saturated carbocycles. The maximum Gasteiger partial charge on any atom is 0.137 e. The summed E-state index contributed by atoms with van der Waals surface area (Å²) in [6.07, 6.45) is 0.180. The van der Waals surface area contributed by atoms with Crippen molar-refractivity contribution in [1.82, 2.24) is 9.78 Å². The van der Waals surface area contributed by atoms with E-state index in [9.17, 15) is 9.50 Å². The third-order valence-electron chi connectivity index (χ3n) is 3.42. The number of aliphatic hydroxyl groups excluding tert-OH is 1. The molecule has 6 heteroatoms. The molecule has 1 heterocycles. The fourth-order valence-corrected chi connectivity index (χ4v) is 3.16. The molecule has 3 nitrogen and oxygen atoms in total. The molecule has 2 rings (SSSR count). The molecule has 0 amide bonds. The van der Waals surface area contributed by atoms with Crippen molar-refractivity contribution >= 4 is 27.5 Å². The zero-order chi connectivity index (χ0) is 15.6. The molecule has 114 valence electrons. The maximum absolute atomic E-state index is 13.6. The van der Waals surface area contributed by atoms with Gasteiger partial charge < -0.3 is 5.11 Å². The first kappa shape index (κ1) is 16.5. The Morgan fingerprint density at radius 3 is 2.76 bits per heavy atom. The summed E-state index contributed by atoms with van der Waals surface area (Å²) in [5.41, 5.74) is 2.10. The smallest absolute Gasteiger partial charge is 0.137 e. The van der Waals surface area contributed by atoms with Crippen LogP contribution in [0.1, 0.15) is 36.9 Å². The SMILES string of the molecule is CCc1nn(CC)c(CC(O)c2cccc(F)c2Br)c1Cl. The van der Waals surface area contributed by atoms with Gasteiger partial charge in [0.15, 0.2) is 0 Å². The third-order valence-corrected chi connectivity index (χ3v) is 4.69. The second-order valence-electron chi connectivity index (χ2n) is 4.74. The van der Waals surface area contributed by atoms with Crippen molar-refractivity contribution in [2.24, 2.45) is 0 Å². The van der Waals surface area contributed by atoms with Gasteiger partial charge in [0.25, 0.3) is 0 Å². The minimum absolute atomic E-state index is 0.284. The van der Waals surface area contributed by atoms with Crippen molar-refractivity contribution in [3.63, 3.8) is 0 Å². The Bertz CT molecular complexity index is 645. The molecule has 2 aromatic rings. The van der Waals surface area contributed by atoms with Crippen LogP contribution in [0.3, 0.4) is 0 Å². The average molecular weight is 376 g/mol. The average Bonchev–Trinajstić information content (AvgIpc) is 2.78. The Morgan fingerprint density at radius 2 is 2.14 bits per heavy atom. The van der Waals surface area contributed by atoms with Crippen LogP contribution in [-0.4, -0.2) is 14.9 Å². The molecule has 0 saturated heterocycles. The Labute approximate surface area is 136 Å². The van der Waals surface area contributed by atoms with Gasteiger partial charge in [-0.3, -0.25) is 4.68 Å². The lowest BCUT2D eigenvalue weighted by molar-refractivity contribution is 0.174. The summed E-state index contributed by atoms with van der Waals surface area (Å²) in [6, 6.07) is 4.62. The topological polar surface area (TPSA) is 38.0 Å². The second-order valence-corrected chi connectivity index (χ2v) is 5.91. The van der Waals surface area contributed by atoms with Gasteiger partial charge in [0.2, 0.25) is 0 Å². The lowest BCUT2D eigenvalue weighted by Gasteiger charge is -2.14. The third kappa shape index (κ3) is 3.30. The van der Waals surface area contributed by atoms with Gasteiger partial charge in [-0.1, -0.05) is 30.7 Å². The van der Waals surface area contributed by atoms with Crippen LogP contribution in [-0.2, 0) is 19.4 Å². The lowest BCUT2D eigenvalue weighted by atomic mass is 10.0. The van der Waals surface area contributed by atoms with Crippen LogP contribution in [0.5, 0.6) is 0 Å². The largest absolute Gasteiger partial charge is 0.388 e. The van der Waals surface area contributed by atoms with Gasteiger partial charge in [-0.25, -0.2) is 4.39 Å². The first-order chi connectivity index (χ1) is 9.99. The van der Waals surface area contributed by atoms with Crippen LogP contribution < -0.4 is 0 Å². The van der Waals surface area contributed by atoms with E-state index in [0.717, 1.165) is 17.8 Å². The van der Waals surface area contributed by atoms with E-state index in [1.54, 1.807) is 16.8 Å². The molecule has 1 unspecified atom stereocenters. The summed E-state index contributed by atoms with van der Waals surface area (Å²) in [7, 11) is 0. The zero-order valence-corrected chi connectivity index (χ0v) is 14.2. The zero-order valence-electron chi connectivity index (χ0n) is 11.9. The molecule has 0 aliphatic rings. The van der Waals surface area contributed by atoms with E-state index in [0.29, 0.717) is 23.6 Å². The minimum Gasteiger partial charge on any atom is -0.388 e. The van der Waals surface area contributed by atoms with E-state index in [1.807, 2.05) is 13.8 Å². The van der Waals surface area contributed by atoms with Gasteiger partial charge in [-0.2, -0.15) is 5.10 Å². The van der Waals surface area contributed by atoms with Crippen molar-refractivity contribution in [3.8, 4) is 0 Å². The number of benzene rings is 1. The Kier molecular flexibility index (Phi) is 5.41. The van der Waals surface area contributed by atoms with Crippen molar-refractivity contribution in [2.45, 2.75) is 39.3 Å². The number of nitrogens with zero attached hydrogens (tertiary/aromatic N) is 2. The summed E-state index contributed by atoms with van der Waals surface area (Å²) >= 11 is 9.51. The number of halogens is 3. The fraction of sp³-hybridized carbons (Fsp3) is 0.400. The quantitative estimate of drug-likeness (QED) is 0.846. The van der Waals surface area contributed by atoms with E-state index in [-0.39, 0.29) is 4.47 Å². The van der Waals surface area contributed by atoms with Crippen molar-refractivity contribution in [2.75, 3.05) is 0 Å². The summed E-state index contributed by atoms with van der Waals surface area (Å²) in [5, 5.41) is 15.4. The number of aryl methyl sites for hydroxylation is 2. The highest BCUT2D eigenvalue weighted by molar-refractivity contribution is 9.10. The summed E-state index contributed by atoms with van der Waals surface area (Å²) in [5.74, 6) is -0.393. The van der Waals surface area contributed by atoms with Gasteiger partial charge in [0.05, 0.1) is 27.0 Å². The lowest BCUT2D eigenvalue weighted by Crippen LogP contribution is -2.09. The Morgan fingerprint density at radius 1 is 1.43 bits per heavy atom. The van der Waals surface area contributed by atoms with E-state index >= 15 is 0 Å². The molecular formula is C15H17BrClFN2O. The van der Waals surface area contributed by atoms with Crippen molar-refractivity contribution in [3.05, 3.63) is 50.5 Å². The van der Waals surface area contributed by atoms with Crippen LogP contribution in [0.4, 0.5) is 4.39 Å². The van der Waals surface area contributed by atoms with Crippen molar-refractivity contribution < 1.29 is 9.50 Å². The van der Waals surface area contributed by atoms with Crippen molar-refractivity contribution in [1.29, 1.82) is 0 Å². The monoisotopic (exact) mass is 374 g/mol. The molecule has 0 aliphatic carbocycles. The molecule has 1 N–H and O–H groups in total. The predicted octanol–water partition coefficient (Wildman–Crippen LogP) is 4.30. The van der Waals surface area contributed by atoms with Gasteiger partial charge in [0.1, 0.15) is 5.82 Å². The first-order valence-corrected chi connectivity index (χ1v) is 8.02. The molecule has 0 radical (unpaired) electrons. The highest BCUT2D eigenvalue weighted by Gasteiger charge is 2.20. The summed E-state index contributed by atoms with van der Waals surface area (Å²) < 4.78 is 15.6. The number of aromatic nitrogens is 2. The second kappa shape index (κ2) is 6.90. The molecular weight excluding hydrogens is 359 g/mol. The molecule has 0 spiro atoms. The fourth-order valence-electron chi connectivity index (χ4n) is 2.28. The van der Waals surface area contributed by atoms with Gasteiger partial charge >= 0.3 is 0 Å². The molecule has 1 atom stereocenters. The number of rotatable bonds is 5. The number of hydrogen-bond acceptors (Lipinski definition) is 2. The highest BCUT2D eigenvalue weighted by Crippen LogP contribution is 2.31. The maximum atomic E-state index is 13.6. The Hall–Kier alpha value is -0.910. The van der Waals surface area contributed by atoms with Crippen LogP contribution in [0.2, 0.25) is 5.02 Å². The highest BCUT2D eigenvalue weighted by atomic mass is 79.9. The van der Waals surface area contributed by atoms with Crippen LogP contribution in [0.25, 0.3) is 0 Å². The van der Waals surface area contributed by atoms with Gasteiger partial charge in [0, 0.05) is 13.0 Å². The van der Waals surface area contributed by atoms with Crippen LogP contribution in [0.15, 0.2) is 22.7 Å². The predicted molar refractivity (Wildman–Crippen MR) is 85.1 cm³/mol. The summed E-state index contributed by atoms with van der Waals surface area (Å²) in [4.78, 5) is 0. The molecule has 1 aromatic heterocycles. The normalized spacial score (nSPS) is 12.7. The number of hydrogen-bond donors (Lipinski definition) is 1. The molecule has 0 fully saturated rings. The van der Waals surface area contributed by atoms with Gasteiger partial charge in [-0.05, 0) is 40.9 Å². The van der Waals surface area contributed by atoms with Crippen LogP contribution in [0, 0.1) is 5.82 Å². The van der Waals surface area contributed by atoms with E-state index < -0.39 is 11.9 Å². The molecule has 0 aliphatic heterocycles. The molecule has 0 bridgehead atoms. The Balaban J connectivity index is 2.33. The summed E-state index contributed by atoms with van der Waals surface area (Å²) in [6.45, 7) is 4.63. The molecule has 1 aromatic carbocycles. The van der Waals surface area contributed by atoms with E-state index in [4.69, 9.17) is 11.6 Å². The van der Waals surface area contributed by atoms with Gasteiger partial charge in [-0.15, -0.1) is 0 Å². The molecule has 21 heavy (non-hydrogen) atoms. The standard InChI is InChI=1S/C15H17BrClFN2O/c1-3-11-15(17)12(20(4-2)19-11)8-13(21)9-6-5-7-10(18)14(9)16/h5-7,13,21H,3-4,8H2,1-2H3. The van der Waals surface area contributed by atoms with E-state index in [1.165, 1.54) is 6.07 Å².